The van der Waals surface area contributed by atoms with Gasteiger partial charge in [0.1, 0.15) is 5.76 Å². The lowest BCUT2D eigenvalue weighted by atomic mass is 10.1. The molecule has 4 heteroatoms. The summed E-state index contributed by atoms with van der Waals surface area (Å²) in [5.74, 6) is 1.41. The molecule has 0 unspecified atom stereocenters. The van der Waals surface area contributed by atoms with E-state index < -0.39 is 5.24 Å². The van der Waals surface area contributed by atoms with Crippen LogP contribution in [0.4, 0.5) is 0 Å². The average molecular weight is 239 g/mol. The van der Waals surface area contributed by atoms with E-state index in [1.165, 1.54) is 0 Å². The zero-order valence-electron chi connectivity index (χ0n) is 9.04. The number of carbonyl (C=O) groups excluding carboxylic acids is 1. The number of fused-ring (bicyclic) bond motifs is 1. The first-order valence-corrected chi connectivity index (χ1v) is 5.34. The van der Waals surface area contributed by atoms with Crippen LogP contribution < -0.4 is 4.74 Å². The largest absolute Gasteiger partial charge is 0.493 e. The molecule has 0 radical (unpaired) electrons. The van der Waals surface area contributed by atoms with Gasteiger partial charge in [0, 0.05) is 17.4 Å². The van der Waals surface area contributed by atoms with Gasteiger partial charge in [0.2, 0.25) is 0 Å². The van der Waals surface area contributed by atoms with Gasteiger partial charge >= 0.3 is 0 Å². The summed E-state index contributed by atoms with van der Waals surface area (Å²) in [5, 5.41) is 0.215. The molecule has 0 aliphatic rings. The number of hydrogen-bond donors (Lipinski definition) is 0. The Bertz CT molecular complexity index is 542. The Morgan fingerprint density at radius 2 is 2.25 bits per heavy atom. The molecule has 0 amide bonds. The molecule has 0 aliphatic heterocycles. The number of methoxy groups -OCH3 is 1. The first-order valence-electron chi connectivity index (χ1n) is 4.96. The highest BCUT2D eigenvalue weighted by Gasteiger charge is 2.15. The van der Waals surface area contributed by atoms with Crippen LogP contribution in [0.5, 0.6) is 5.75 Å². The number of aryl methyl sites for hydroxylation is 1. The topological polar surface area (TPSA) is 39.4 Å². The van der Waals surface area contributed by atoms with Crippen molar-refractivity contribution in [1.82, 2.24) is 0 Å². The number of benzene rings is 1. The van der Waals surface area contributed by atoms with Crippen molar-refractivity contribution in [3.05, 3.63) is 29.5 Å². The normalized spacial score (nSPS) is 10.7. The number of hydrogen-bond acceptors (Lipinski definition) is 3. The van der Waals surface area contributed by atoms with E-state index >= 15 is 0 Å². The van der Waals surface area contributed by atoms with Crippen molar-refractivity contribution in [2.24, 2.45) is 0 Å². The third-order valence-corrected chi connectivity index (χ3v) is 2.68. The zero-order chi connectivity index (χ0) is 11.7. The minimum Gasteiger partial charge on any atom is -0.493 e. The van der Waals surface area contributed by atoms with E-state index in [0.717, 1.165) is 12.2 Å². The van der Waals surface area contributed by atoms with Crippen molar-refractivity contribution >= 4 is 27.8 Å². The summed E-state index contributed by atoms with van der Waals surface area (Å²) in [5.41, 5.74) is 1.02. The summed E-state index contributed by atoms with van der Waals surface area (Å²) in [6, 6.07) is 5.15. The lowest BCUT2D eigenvalue weighted by Gasteiger charge is -2.02. The van der Waals surface area contributed by atoms with Crippen molar-refractivity contribution in [1.29, 1.82) is 0 Å². The molecule has 0 atom stereocenters. The molecule has 1 aromatic carbocycles. The average Bonchev–Trinajstić information content (AvgIpc) is 2.70. The molecule has 0 fully saturated rings. The molecule has 0 bridgehead atoms. The van der Waals surface area contributed by atoms with E-state index in [2.05, 4.69) is 0 Å². The summed E-state index contributed by atoms with van der Waals surface area (Å²) < 4.78 is 10.8. The van der Waals surface area contributed by atoms with E-state index in [1.54, 1.807) is 19.2 Å². The van der Waals surface area contributed by atoms with Gasteiger partial charge in [0.25, 0.3) is 5.24 Å². The van der Waals surface area contributed by atoms with Gasteiger partial charge in [0.05, 0.1) is 7.11 Å². The Balaban J connectivity index is 2.77. The van der Waals surface area contributed by atoms with Crippen molar-refractivity contribution in [3.8, 4) is 5.75 Å². The van der Waals surface area contributed by atoms with Crippen LogP contribution in [-0.4, -0.2) is 12.4 Å². The van der Waals surface area contributed by atoms with Gasteiger partial charge in [-0.2, -0.15) is 0 Å². The van der Waals surface area contributed by atoms with Gasteiger partial charge < -0.3 is 9.15 Å². The van der Waals surface area contributed by atoms with Crippen LogP contribution in [0.25, 0.3) is 11.0 Å². The summed E-state index contributed by atoms with van der Waals surface area (Å²) in [6.45, 7) is 1.98. The molecule has 0 spiro atoms. The summed E-state index contributed by atoms with van der Waals surface area (Å²) in [4.78, 5) is 11.2. The SMILES string of the molecule is CCc1cc2c(C(=O)Cl)ccc(OC)c2o1. The molecule has 0 saturated heterocycles. The standard InChI is InChI=1S/C12H11ClO3/c1-3-7-6-9-8(12(13)14)4-5-10(15-2)11(9)16-7/h4-6H,3H2,1-2H3. The highest BCUT2D eigenvalue weighted by molar-refractivity contribution is 6.68. The predicted octanol–water partition coefficient (Wildman–Crippen LogP) is 3.38. The van der Waals surface area contributed by atoms with E-state index in [1.807, 2.05) is 13.0 Å². The number of carbonyl (C=O) groups is 1. The van der Waals surface area contributed by atoms with Gasteiger partial charge in [-0.25, -0.2) is 0 Å². The number of rotatable bonds is 3. The second-order valence-corrected chi connectivity index (χ2v) is 3.74. The van der Waals surface area contributed by atoms with Crippen LogP contribution in [0.2, 0.25) is 0 Å². The Hall–Kier alpha value is -1.48. The lowest BCUT2D eigenvalue weighted by molar-refractivity contribution is 0.108. The molecule has 3 nitrogen and oxygen atoms in total. The van der Waals surface area contributed by atoms with Crippen LogP contribution in [0.3, 0.4) is 0 Å². The van der Waals surface area contributed by atoms with Crippen LogP contribution in [-0.2, 0) is 6.42 Å². The first-order chi connectivity index (χ1) is 7.67. The van der Waals surface area contributed by atoms with Crippen LogP contribution in [0.15, 0.2) is 22.6 Å². The van der Waals surface area contributed by atoms with Crippen molar-refractivity contribution in [2.75, 3.05) is 7.11 Å². The minimum atomic E-state index is -0.490. The van der Waals surface area contributed by atoms with Crippen LogP contribution in [0, 0.1) is 0 Å². The second kappa shape index (κ2) is 4.18. The Morgan fingerprint density at radius 3 is 2.81 bits per heavy atom. The molecule has 0 saturated carbocycles. The van der Waals surface area contributed by atoms with Gasteiger partial charge in [0.15, 0.2) is 11.3 Å². The first kappa shape index (κ1) is 11.0. The molecular formula is C12H11ClO3. The van der Waals surface area contributed by atoms with Crippen molar-refractivity contribution in [2.45, 2.75) is 13.3 Å². The van der Waals surface area contributed by atoms with Crippen LogP contribution in [0.1, 0.15) is 23.0 Å². The Morgan fingerprint density at radius 1 is 1.50 bits per heavy atom. The van der Waals surface area contributed by atoms with E-state index in [0.29, 0.717) is 22.3 Å². The Kier molecular flexibility index (Phi) is 2.88. The third-order valence-electron chi connectivity index (χ3n) is 2.48. The van der Waals surface area contributed by atoms with Crippen molar-refractivity contribution in [3.63, 3.8) is 0 Å². The summed E-state index contributed by atoms with van der Waals surface area (Å²) >= 11 is 5.51. The van der Waals surface area contributed by atoms with E-state index in [9.17, 15) is 4.79 Å². The maximum absolute atomic E-state index is 11.2. The highest BCUT2D eigenvalue weighted by Crippen LogP contribution is 2.32. The second-order valence-electron chi connectivity index (χ2n) is 3.40. The van der Waals surface area contributed by atoms with Gasteiger partial charge in [-0.15, -0.1) is 0 Å². The fraction of sp³-hybridized carbons (Fsp3) is 0.250. The minimum absolute atomic E-state index is 0.445. The molecule has 1 heterocycles. The smallest absolute Gasteiger partial charge is 0.253 e. The quantitative estimate of drug-likeness (QED) is 0.770. The number of furan rings is 1. The maximum atomic E-state index is 11.2. The molecule has 2 aromatic rings. The number of halogens is 1. The zero-order valence-corrected chi connectivity index (χ0v) is 9.80. The fourth-order valence-electron chi connectivity index (χ4n) is 1.66. The van der Waals surface area contributed by atoms with E-state index in [4.69, 9.17) is 20.8 Å². The molecule has 0 N–H and O–H groups in total. The van der Waals surface area contributed by atoms with Crippen LogP contribution >= 0.6 is 11.6 Å². The predicted molar refractivity (Wildman–Crippen MR) is 62.3 cm³/mol. The third kappa shape index (κ3) is 1.67. The fourth-order valence-corrected chi connectivity index (χ4v) is 1.82. The summed E-state index contributed by atoms with van der Waals surface area (Å²) in [6.07, 6.45) is 0.758. The van der Waals surface area contributed by atoms with E-state index in [-0.39, 0.29) is 0 Å². The van der Waals surface area contributed by atoms with Crippen molar-refractivity contribution < 1.29 is 13.9 Å². The Labute approximate surface area is 97.9 Å². The monoisotopic (exact) mass is 238 g/mol. The molecular weight excluding hydrogens is 228 g/mol. The van der Waals surface area contributed by atoms with Gasteiger partial charge in [-0.1, -0.05) is 6.92 Å². The summed E-state index contributed by atoms with van der Waals surface area (Å²) in [7, 11) is 1.56. The molecule has 84 valence electrons. The van der Waals surface area contributed by atoms with Gasteiger partial charge in [-0.3, -0.25) is 4.79 Å². The highest BCUT2D eigenvalue weighted by atomic mass is 35.5. The lowest BCUT2D eigenvalue weighted by Crippen LogP contribution is -1.91. The molecule has 1 aromatic heterocycles. The maximum Gasteiger partial charge on any atom is 0.253 e. The molecule has 0 aliphatic carbocycles. The van der Waals surface area contributed by atoms with Gasteiger partial charge in [-0.05, 0) is 29.8 Å². The number of ether oxygens (including phenoxy) is 1. The molecule has 16 heavy (non-hydrogen) atoms. The molecule has 2 rings (SSSR count).